The zero-order valence-electron chi connectivity index (χ0n) is 15.5. The summed E-state index contributed by atoms with van der Waals surface area (Å²) in [5, 5.41) is 8.34. The molecule has 0 aliphatic rings. The van der Waals surface area contributed by atoms with Crippen molar-refractivity contribution >= 4 is 45.0 Å². The van der Waals surface area contributed by atoms with Crippen molar-refractivity contribution in [3.05, 3.63) is 76.9 Å². The second-order valence-corrected chi connectivity index (χ2v) is 8.58. The summed E-state index contributed by atoms with van der Waals surface area (Å²) in [7, 11) is 0. The average molecular weight is 409 g/mol. The van der Waals surface area contributed by atoms with Crippen LogP contribution in [0.2, 0.25) is 0 Å². The van der Waals surface area contributed by atoms with Crippen LogP contribution in [0.1, 0.15) is 16.1 Å². The molecule has 2 aromatic carbocycles. The maximum absolute atomic E-state index is 12.3. The number of hydrogen-bond acceptors (Lipinski definition) is 5. The van der Waals surface area contributed by atoms with Gasteiger partial charge in [0.1, 0.15) is 10.8 Å². The number of nitrogens with zero attached hydrogens (tertiary/aromatic N) is 3. The average Bonchev–Trinajstić information content (AvgIpc) is 3.28. The zero-order chi connectivity index (χ0) is 19.3. The van der Waals surface area contributed by atoms with Gasteiger partial charge in [0.05, 0.1) is 28.7 Å². The van der Waals surface area contributed by atoms with Gasteiger partial charge in [-0.05, 0) is 24.6 Å². The van der Waals surface area contributed by atoms with Crippen molar-refractivity contribution in [3.8, 4) is 0 Å². The van der Waals surface area contributed by atoms with Crippen molar-refractivity contribution in [1.82, 2.24) is 14.8 Å². The smallest absolute Gasteiger partial charge is 0.235 e. The van der Waals surface area contributed by atoms with Crippen molar-refractivity contribution in [2.45, 2.75) is 19.2 Å². The van der Waals surface area contributed by atoms with E-state index in [9.17, 15) is 4.79 Å². The Hall–Kier alpha value is -2.64. The van der Waals surface area contributed by atoms with Gasteiger partial charge in [0.2, 0.25) is 5.91 Å². The van der Waals surface area contributed by atoms with E-state index in [1.807, 2.05) is 35.0 Å². The molecule has 142 valence electrons. The first kappa shape index (κ1) is 18.7. The van der Waals surface area contributed by atoms with Gasteiger partial charge >= 0.3 is 0 Å². The van der Waals surface area contributed by atoms with E-state index in [-0.39, 0.29) is 5.91 Å². The Morgan fingerprint density at radius 3 is 2.93 bits per heavy atom. The molecule has 28 heavy (non-hydrogen) atoms. The number of aromatic nitrogens is 3. The Kier molecular flexibility index (Phi) is 5.73. The fraction of sp³-hybridized carbons (Fsp3) is 0.190. The number of para-hydroxylation sites is 1. The molecule has 2 aromatic heterocycles. The third-order valence-corrected chi connectivity index (χ3v) is 6.36. The number of hydrogen-bond donors (Lipinski definition) is 1. The monoisotopic (exact) mass is 408 g/mol. The molecule has 0 aliphatic heterocycles. The Morgan fingerprint density at radius 2 is 2.07 bits per heavy atom. The molecule has 0 bridgehead atoms. The van der Waals surface area contributed by atoms with Crippen LogP contribution in [0.4, 0.5) is 5.82 Å². The van der Waals surface area contributed by atoms with E-state index in [0.717, 1.165) is 21.8 Å². The van der Waals surface area contributed by atoms with Crippen LogP contribution in [0.25, 0.3) is 10.2 Å². The van der Waals surface area contributed by atoms with Gasteiger partial charge in [0.25, 0.3) is 0 Å². The molecule has 5 nitrogen and oxygen atoms in total. The van der Waals surface area contributed by atoms with Crippen LogP contribution in [-0.4, -0.2) is 26.4 Å². The van der Waals surface area contributed by atoms with E-state index >= 15 is 0 Å². The van der Waals surface area contributed by atoms with E-state index in [1.54, 1.807) is 29.3 Å². The number of thioether (sulfide) groups is 1. The van der Waals surface area contributed by atoms with Crippen molar-refractivity contribution in [1.29, 1.82) is 0 Å². The molecule has 4 rings (SSSR count). The highest BCUT2D eigenvalue weighted by molar-refractivity contribution is 7.99. The van der Waals surface area contributed by atoms with Gasteiger partial charge in [-0.3, -0.25) is 4.79 Å². The number of anilines is 1. The van der Waals surface area contributed by atoms with Crippen molar-refractivity contribution in [3.63, 3.8) is 0 Å². The van der Waals surface area contributed by atoms with Crippen LogP contribution >= 0.6 is 23.1 Å². The lowest BCUT2D eigenvalue weighted by atomic mass is 10.1. The quantitative estimate of drug-likeness (QED) is 0.481. The van der Waals surface area contributed by atoms with Crippen LogP contribution in [-0.2, 0) is 17.1 Å². The summed E-state index contributed by atoms with van der Waals surface area (Å²) < 4.78 is 2.99. The van der Waals surface area contributed by atoms with Crippen LogP contribution in [0, 0.1) is 6.92 Å². The molecule has 0 atom stereocenters. The SMILES string of the molecule is Cc1cccc(Cn2nccc2NC(=O)CSCc2nc3ccccc3s2)c1. The Labute approximate surface area is 171 Å². The summed E-state index contributed by atoms with van der Waals surface area (Å²) in [4.78, 5) is 16.9. The maximum Gasteiger partial charge on any atom is 0.235 e. The van der Waals surface area contributed by atoms with E-state index in [2.05, 4.69) is 46.6 Å². The number of amides is 1. The summed E-state index contributed by atoms with van der Waals surface area (Å²) >= 11 is 3.25. The van der Waals surface area contributed by atoms with E-state index < -0.39 is 0 Å². The highest BCUT2D eigenvalue weighted by Crippen LogP contribution is 2.24. The standard InChI is InChI=1S/C21H20N4OS2/c1-15-5-4-6-16(11-15)12-25-19(9-10-22-25)24-20(26)13-27-14-21-23-17-7-2-3-8-18(17)28-21/h2-11H,12-14H2,1H3,(H,24,26). The summed E-state index contributed by atoms with van der Waals surface area (Å²) in [5.74, 6) is 1.80. The van der Waals surface area contributed by atoms with Crippen molar-refractivity contribution in [2.75, 3.05) is 11.1 Å². The number of carbonyl (C=O) groups excluding carboxylic acids is 1. The topological polar surface area (TPSA) is 59.8 Å². The third-order valence-electron chi connectivity index (χ3n) is 4.20. The molecule has 0 aliphatic carbocycles. The molecule has 0 saturated carbocycles. The lowest BCUT2D eigenvalue weighted by molar-refractivity contribution is -0.113. The normalized spacial score (nSPS) is 11.0. The minimum absolute atomic E-state index is 0.0305. The van der Waals surface area contributed by atoms with Crippen LogP contribution in [0.3, 0.4) is 0 Å². The first-order chi connectivity index (χ1) is 13.7. The molecule has 1 N–H and O–H groups in total. The predicted octanol–water partition coefficient (Wildman–Crippen LogP) is 4.72. The molecular formula is C21H20N4OS2. The number of thiazole rings is 1. The van der Waals surface area contributed by atoms with Gasteiger partial charge < -0.3 is 5.32 Å². The predicted molar refractivity (Wildman–Crippen MR) is 117 cm³/mol. The maximum atomic E-state index is 12.3. The largest absolute Gasteiger partial charge is 0.310 e. The fourth-order valence-electron chi connectivity index (χ4n) is 2.94. The molecule has 0 radical (unpaired) electrons. The summed E-state index contributed by atoms with van der Waals surface area (Å²) in [6, 6.07) is 18.2. The summed E-state index contributed by atoms with van der Waals surface area (Å²) in [6.07, 6.45) is 1.71. The van der Waals surface area contributed by atoms with E-state index in [0.29, 0.717) is 18.1 Å². The lowest BCUT2D eigenvalue weighted by Gasteiger charge is -2.09. The fourth-order valence-corrected chi connectivity index (χ4v) is 4.79. The van der Waals surface area contributed by atoms with Crippen molar-refractivity contribution in [2.24, 2.45) is 0 Å². The first-order valence-corrected chi connectivity index (χ1v) is 10.9. The van der Waals surface area contributed by atoms with E-state index in [1.165, 1.54) is 10.3 Å². The minimum Gasteiger partial charge on any atom is -0.310 e. The third kappa shape index (κ3) is 4.61. The lowest BCUT2D eigenvalue weighted by Crippen LogP contribution is -2.18. The molecule has 7 heteroatoms. The second-order valence-electron chi connectivity index (χ2n) is 6.48. The van der Waals surface area contributed by atoms with Gasteiger partial charge in [-0.2, -0.15) is 5.10 Å². The molecule has 0 spiro atoms. The molecule has 4 aromatic rings. The zero-order valence-corrected chi connectivity index (χ0v) is 17.1. The second kappa shape index (κ2) is 8.58. The number of carbonyl (C=O) groups is 1. The highest BCUT2D eigenvalue weighted by Gasteiger charge is 2.09. The summed E-state index contributed by atoms with van der Waals surface area (Å²) in [6.45, 7) is 2.70. The molecule has 0 unspecified atom stereocenters. The number of benzene rings is 2. The van der Waals surface area contributed by atoms with E-state index in [4.69, 9.17) is 0 Å². The Balaban J connectivity index is 1.31. The number of nitrogens with one attached hydrogen (secondary N) is 1. The van der Waals surface area contributed by atoms with Crippen LogP contribution < -0.4 is 5.32 Å². The Bertz CT molecular complexity index is 1070. The minimum atomic E-state index is -0.0305. The number of rotatable bonds is 7. The van der Waals surface area contributed by atoms with Gasteiger partial charge in [-0.15, -0.1) is 23.1 Å². The van der Waals surface area contributed by atoms with Crippen molar-refractivity contribution < 1.29 is 4.79 Å². The molecule has 1 amide bonds. The summed E-state index contributed by atoms with van der Waals surface area (Å²) in [5.41, 5.74) is 3.39. The highest BCUT2D eigenvalue weighted by atomic mass is 32.2. The van der Waals surface area contributed by atoms with Gasteiger partial charge in [0, 0.05) is 11.8 Å². The first-order valence-electron chi connectivity index (χ1n) is 8.97. The molecule has 0 saturated heterocycles. The molecule has 0 fully saturated rings. The van der Waals surface area contributed by atoms with Crippen LogP contribution in [0.15, 0.2) is 60.8 Å². The molecular weight excluding hydrogens is 388 g/mol. The van der Waals surface area contributed by atoms with Crippen LogP contribution in [0.5, 0.6) is 0 Å². The molecule has 2 heterocycles. The number of aryl methyl sites for hydroxylation is 1. The number of fused-ring (bicyclic) bond motifs is 1. The van der Waals surface area contributed by atoms with Gasteiger partial charge in [-0.25, -0.2) is 9.67 Å². The van der Waals surface area contributed by atoms with Gasteiger partial charge in [-0.1, -0.05) is 42.0 Å². The van der Waals surface area contributed by atoms with Gasteiger partial charge in [0.15, 0.2) is 0 Å². The Morgan fingerprint density at radius 1 is 1.18 bits per heavy atom.